The first kappa shape index (κ1) is 15.2. The fraction of sp³-hybridized carbons (Fsp3) is 0.150. The monoisotopic (exact) mass is 328 g/mol. The molecule has 1 aromatic heterocycles. The molecule has 0 fully saturated rings. The number of carbonyl (C=O) groups excluding carboxylic acids is 1. The van der Waals surface area contributed by atoms with Crippen LogP contribution in [0.2, 0.25) is 0 Å². The summed E-state index contributed by atoms with van der Waals surface area (Å²) in [5, 5.41) is 16.4. The lowest BCUT2D eigenvalue weighted by molar-refractivity contribution is -0.116. The Hall–Kier alpha value is -3.39. The molecule has 5 nitrogen and oxygen atoms in total. The topological polar surface area (TPSA) is 70.7 Å². The fourth-order valence-electron chi connectivity index (χ4n) is 3.21. The van der Waals surface area contributed by atoms with Crippen LogP contribution < -0.4 is 5.32 Å². The highest BCUT2D eigenvalue weighted by atomic mass is 16.1. The summed E-state index contributed by atoms with van der Waals surface area (Å²) >= 11 is 0. The molecule has 0 spiro atoms. The number of rotatable bonds is 3. The summed E-state index contributed by atoms with van der Waals surface area (Å²) in [5.41, 5.74) is 3.81. The largest absolute Gasteiger partial charge is 0.309 e. The third-order valence-corrected chi connectivity index (χ3v) is 4.44. The molecule has 2 heterocycles. The fourth-order valence-corrected chi connectivity index (χ4v) is 3.21. The van der Waals surface area contributed by atoms with Crippen LogP contribution in [-0.2, 0) is 11.3 Å². The first-order valence-corrected chi connectivity index (χ1v) is 8.14. The zero-order valence-corrected chi connectivity index (χ0v) is 13.5. The van der Waals surface area contributed by atoms with Crippen molar-refractivity contribution < 1.29 is 4.79 Å². The molecule has 1 aliphatic heterocycles. The van der Waals surface area contributed by atoms with E-state index in [1.165, 1.54) is 0 Å². The van der Waals surface area contributed by atoms with Crippen molar-refractivity contribution in [1.29, 1.82) is 5.26 Å². The minimum atomic E-state index is -0.0407. The summed E-state index contributed by atoms with van der Waals surface area (Å²) in [6.45, 7) is 0.657. The van der Waals surface area contributed by atoms with Gasteiger partial charge in [0.05, 0.1) is 18.2 Å². The number of fused-ring (bicyclic) bond motifs is 1. The van der Waals surface area contributed by atoms with Crippen LogP contribution in [0.4, 0.5) is 5.82 Å². The van der Waals surface area contributed by atoms with E-state index in [0.29, 0.717) is 24.3 Å². The number of amides is 1. The number of anilines is 1. The van der Waals surface area contributed by atoms with E-state index in [0.717, 1.165) is 16.7 Å². The minimum absolute atomic E-state index is 0.0354. The molecule has 5 heteroatoms. The highest BCUT2D eigenvalue weighted by Gasteiger charge is 2.29. The molecule has 1 atom stereocenters. The molecule has 0 aliphatic carbocycles. The molecule has 0 bridgehead atoms. The van der Waals surface area contributed by atoms with E-state index in [2.05, 4.69) is 28.6 Å². The maximum absolute atomic E-state index is 12.1. The number of nitrogens with one attached hydrogen (secondary N) is 1. The second-order valence-electron chi connectivity index (χ2n) is 6.15. The number of benzene rings is 2. The summed E-state index contributed by atoms with van der Waals surface area (Å²) in [6, 6.07) is 19.6. The maximum Gasteiger partial charge on any atom is 0.226 e. The molecule has 0 saturated heterocycles. The van der Waals surface area contributed by atoms with Crippen LogP contribution in [0.15, 0.2) is 60.8 Å². The molecule has 1 unspecified atom stereocenters. The zero-order chi connectivity index (χ0) is 17.2. The first-order chi connectivity index (χ1) is 12.2. The second kappa shape index (κ2) is 6.25. The SMILES string of the molecule is N#Cc1ccc(C2CC(=O)Nc3nn(Cc4ccccc4)cc32)cc1. The van der Waals surface area contributed by atoms with Crippen molar-refractivity contribution in [3.8, 4) is 6.07 Å². The molecule has 1 N–H and O–H groups in total. The van der Waals surface area contributed by atoms with Crippen molar-refractivity contribution in [2.24, 2.45) is 0 Å². The number of nitriles is 1. The Morgan fingerprint density at radius 3 is 2.64 bits per heavy atom. The Morgan fingerprint density at radius 1 is 1.16 bits per heavy atom. The lowest BCUT2D eigenvalue weighted by Crippen LogP contribution is -2.22. The van der Waals surface area contributed by atoms with Crippen molar-refractivity contribution in [3.05, 3.63) is 83.0 Å². The van der Waals surface area contributed by atoms with E-state index in [-0.39, 0.29) is 11.8 Å². The average Bonchev–Trinajstić information content (AvgIpc) is 3.04. The van der Waals surface area contributed by atoms with Gasteiger partial charge in [0.2, 0.25) is 5.91 Å². The standard InChI is InChI=1S/C20H16N4O/c21-11-14-6-8-16(9-7-14)17-10-19(25)22-20-18(17)13-24(23-20)12-15-4-2-1-3-5-15/h1-9,13,17H,10,12H2,(H,22,23,25). The van der Waals surface area contributed by atoms with Gasteiger partial charge in [-0.3, -0.25) is 9.48 Å². The number of hydrogen-bond acceptors (Lipinski definition) is 3. The van der Waals surface area contributed by atoms with E-state index >= 15 is 0 Å². The first-order valence-electron chi connectivity index (χ1n) is 8.14. The van der Waals surface area contributed by atoms with E-state index in [4.69, 9.17) is 5.26 Å². The van der Waals surface area contributed by atoms with Gasteiger partial charge in [0.25, 0.3) is 0 Å². The predicted octanol–water partition coefficient (Wildman–Crippen LogP) is 3.28. The molecular weight excluding hydrogens is 312 g/mol. The van der Waals surface area contributed by atoms with E-state index < -0.39 is 0 Å². The average molecular weight is 328 g/mol. The molecule has 1 aliphatic rings. The van der Waals surface area contributed by atoms with E-state index in [1.807, 2.05) is 41.2 Å². The summed E-state index contributed by atoms with van der Waals surface area (Å²) in [7, 11) is 0. The van der Waals surface area contributed by atoms with Crippen molar-refractivity contribution in [2.45, 2.75) is 18.9 Å². The zero-order valence-electron chi connectivity index (χ0n) is 13.5. The maximum atomic E-state index is 12.1. The van der Waals surface area contributed by atoms with Crippen LogP contribution in [0.3, 0.4) is 0 Å². The molecular formula is C20H16N4O. The summed E-state index contributed by atoms with van der Waals surface area (Å²) in [4.78, 5) is 12.1. The molecule has 0 radical (unpaired) electrons. The molecule has 0 saturated carbocycles. The third-order valence-electron chi connectivity index (χ3n) is 4.44. The highest BCUT2D eigenvalue weighted by Crippen LogP contribution is 2.36. The van der Waals surface area contributed by atoms with Crippen molar-refractivity contribution in [3.63, 3.8) is 0 Å². The van der Waals surface area contributed by atoms with Gasteiger partial charge < -0.3 is 5.32 Å². The van der Waals surface area contributed by atoms with Crippen LogP contribution in [-0.4, -0.2) is 15.7 Å². The van der Waals surface area contributed by atoms with Gasteiger partial charge in [-0.25, -0.2) is 0 Å². The highest BCUT2D eigenvalue weighted by molar-refractivity contribution is 5.94. The van der Waals surface area contributed by atoms with E-state index in [9.17, 15) is 4.79 Å². The Bertz CT molecular complexity index is 952. The number of nitrogens with zero attached hydrogens (tertiary/aromatic N) is 3. The quantitative estimate of drug-likeness (QED) is 0.802. The van der Waals surface area contributed by atoms with Crippen LogP contribution in [0.1, 0.15) is 34.6 Å². The number of hydrogen-bond donors (Lipinski definition) is 1. The lowest BCUT2D eigenvalue weighted by atomic mass is 9.87. The summed E-state index contributed by atoms with van der Waals surface area (Å²) < 4.78 is 1.86. The van der Waals surface area contributed by atoms with Gasteiger partial charge >= 0.3 is 0 Å². The van der Waals surface area contributed by atoms with Gasteiger partial charge in [0, 0.05) is 24.1 Å². The third kappa shape index (κ3) is 3.02. The van der Waals surface area contributed by atoms with Gasteiger partial charge in [-0.15, -0.1) is 0 Å². The molecule has 25 heavy (non-hydrogen) atoms. The molecule has 3 aromatic rings. The normalized spacial score (nSPS) is 16.0. The van der Waals surface area contributed by atoms with Crippen LogP contribution in [0.5, 0.6) is 0 Å². The lowest BCUT2D eigenvalue weighted by Gasteiger charge is -2.21. The molecule has 2 aromatic carbocycles. The predicted molar refractivity (Wildman–Crippen MR) is 94.0 cm³/mol. The molecule has 4 rings (SSSR count). The Kier molecular flexibility index (Phi) is 3.79. The van der Waals surface area contributed by atoms with Crippen molar-refractivity contribution in [2.75, 3.05) is 5.32 Å². The molecule has 1 amide bonds. The molecule has 122 valence electrons. The number of carbonyl (C=O) groups is 1. The van der Waals surface area contributed by atoms with Crippen LogP contribution in [0, 0.1) is 11.3 Å². The van der Waals surface area contributed by atoms with Crippen LogP contribution in [0.25, 0.3) is 0 Å². The summed E-state index contributed by atoms with van der Waals surface area (Å²) in [6.07, 6.45) is 2.39. The van der Waals surface area contributed by atoms with Crippen molar-refractivity contribution in [1.82, 2.24) is 9.78 Å². The Balaban J connectivity index is 1.68. The van der Waals surface area contributed by atoms with Gasteiger partial charge in [0.1, 0.15) is 0 Å². The van der Waals surface area contributed by atoms with Crippen molar-refractivity contribution >= 4 is 11.7 Å². The smallest absolute Gasteiger partial charge is 0.226 e. The number of aromatic nitrogens is 2. The second-order valence-corrected chi connectivity index (χ2v) is 6.15. The van der Waals surface area contributed by atoms with Gasteiger partial charge in [-0.1, -0.05) is 42.5 Å². The summed E-state index contributed by atoms with van der Waals surface area (Å²) in [5.74, 6) is 0.550. The Morgan fingerprint density at radius 2 is 1.92 bits per heavy atom. The van der Waals surface area contributed by atoms with Gasteiger partial charge in [-0.05, 0) is 23.3 Å². The van der Waals surface area contributed by atoms with E-state index in [1.54, 1.807) is 12.1 Å². The minimum Gasteiger partial charge on any atom is -0.309 e. The van der Waals surface area contributed by atoms with Crippen LogP contribution >= 0.6 is 0 Å². The Labute approximate surface area is 145 Å². The van der Waals surface area contributed by atoms with Gasteiger partial charge in [-0.2, -0.15) is 10.4 Å². The van der Waals surface area contributed by atoms with Gasteiger partial charge in [0.15, 0.2) is 5.82 Å².